The summed E-state index contributed by atoms with van der Waals surface area (Å²) in [5.41, 5.74) is 5.01. The second-order valence-corrected chi connectivity index (χ2v) is 3.87. The van der Waals surface area contributed by atoms with Gasteiger partial charge in [-0.25, -0.2) is 4.98 Å². The number of carbonyl (C=O) groups excluding carboxylic acids is 1. The summed E-state index contributed by atoms with van der Waals surface area (Å²) in [6.45, 7) is 1.88. The molecule has 1 aromatic heterocycles. The molecule has 1 heterocycles. The number of hydrogen-bond acceptors (Lipinski definition) is 3. The topological polar surface area (TPSA) is 81.1 Å². The Kier molecular flexibility index (Phi) is 3.85. The highest BCUT2D eigenvalue weighted by molar-refractivity contribution is 5.74. The Balaban J connectivity index is 2.52. The number of amides is 1. The standard InChI is InChI=1S/C10H17N3O2/c1-7(8(14)6-9(11)15)5-10-12-3-4-13(10)2/h3-4,7-8,14H,5-6H2,1-2H3,(H2,11,15)/t7?,8-/m0/s1. The first kappa shape index (κ1) is 11.7. The predicted molar refractivity (Wildman–Crippen MR) is 55.9 cm³/mol. The monoisotopic (exact) mass is 211 g/mol. The van der Waals surface area contributed by atoms with Crippen LogP contribution >= 0.6 is 0 Å². The number of primary amides is 1. The van der Waals surface area contributed by atoms with E-state index < -0.39 is 12.0 Å². The molecular weight excluding hydrogens is 194 g/mol. The Morgan fingerprint density at radius 3 is 2.87 bits per heavy atom. The highest BCUT2D eigenvalue weighted by Gasteiger charge is 2.18. The Morgan fingerprint density at radius 1 is 1.73 bits per heavy atom. The van der Waals surface area contributed by atoms with Crippen molar-refractivity contribution in [3.8, 4) is 0 Å². The van der Waals surface area contributed by atoms with Crippen LogP contribution in [0.4, 0.5) is 0 Å². The SMILES string of the molecule is CC(Cc1nccn1C)[C@@H](O)CC(N)=O. The van der Waals surface area contributed by atoms with Crippen molar-refractivity contribution in [2.75, 3.05) is 0 Å². The quantitative estimate of drug-likeness (QED) is 0.709. The summed E-state index contributed by atoms with van der Waals surface area (Å²) >= 11 is 0. The van der Waals surface area contributed by atoms with E-state index >= 15 is 0 Å². The number of carbonyl (C=O) groups is 1. The van der Waals surface area contributed by atoms with Gasteiger partial charge in [-0.05, 0) is 5.92 Å². The Morgan fingerprint density at radius 2 is 2.40 bits per heavy atom. The van der Waals surface area contributed by atoms with E-state index in [0.717, 1.165) is 5.82 Å². The zero-order valence-corrected chi connectivity index (χ0v) is 9.05. The molecule has 0 radical (unpaired) electrons. The minimum absolute atomic E-state index is 0.00555. The third kappa shape index (κ3) is 3.36. The largest absolute Gasteiger partial charge is 0.392 e. The molecule has 0 saturated heterocycles. The third-order valence-electron chi connectivity index (χ3n) is 2.49. The highest BCUT2D eigenvalue weighted by atomic mass is 16.3. The maximum atomic E-state index is 10.6. The minimum atomic E-state index is -0.695. The number of nitrogens with zero attached hydrogens (tertiary/aromatic N) is 2. The molecule has 1 unspecified atom stereocenters. The van der Waals surface area contributed by atoms with Crippen LogP contribution in [0.1, 0.15) is 19.2 Å². The molecule has 5 nitrogen and oxygen atoms in total. The van der Waals surface area contributed by atoms with Gasteiger partial charge in [-0.1, -0.05) is 6.92 Å². The number of nitrogens with two attached hydrogens (primary N) is 1. The van der Waals surface area contributed by atoms with Gasteiger partial charge in [0.15, 0.2) is 0 Å². The number of hydrogen-bond donors (Lipinski definition) is 2. The van der Waals surface area contributed by atoms with Gasteiger partial charge in [0.2, 0.25) is 5.91 Å². The summed E-state index contributed by atoms with van der Waals surface area (Å²) in [7, 11) is 1.90. The summed E-state index contributed by atoms with van der Waals surface area (Å²) < 4.78 is 1.90. The van der Waals surface area contributed by atoms with Crippen LogP contribution < -0.4 is 5.73 Å². The first-order chi connectivity index (χ1) is 7.00. The zero-order valence-electron chi connectivity index (χ0n) is 9.05. The minimum Gasteiger partial charge on any atom is -0.392 e. The number of aromatic nitrogens is 2. The molecule has 3 N–H and O–H groups in total. The fourth-order valence-electron chi connectivity index (χ4n) is 1.42. The molecule has 1 aromatic rings. The maximum absolute atomic E-state index is 10.6. The Hall–Kier alpha value is -1.36. The molecular formula is C10H17N3O2. The van der Waals surface area contributed by atoms with Gasteiger partial charge in [0.05, 0.1) is 12.5 Å². The van der Waals surface area contributed by atoms with Crippen molar-refractivity contribution < 1.29 is 9.90 Å². The lowest BCUT2D eigenvalue weighted by Gasteiger charge is -2.16. The van der Waals surface area contributed by atoms with E-state index in [9.17, 15) is 9.90 Å². The van der Waals surface area contributed by atoms with E-state index in [2.05, 4.69) is 4.98 Å². The number of aliphatic hydroxyl groups is 1. The molecule has 0 saturated carbocycles. The van der Waals surface area contributed by atoms with Crippen LogP contribution in [0.3, 0.4) is 0 Å². The number of aryl methyl sites for hydroxylation is 1. The lowest BCUT2D eigenvalue weighted by Crippen LogP contribution is -2.27. The maximum Gasteiger partial charge on any atom is 0.220 e. The van der Waals surface area contributed by atoms with Crippen molar-refractivity contribution in [1.82, 2.24) is 9.55 Å². The van der Waals surface area contributed by atoms with Crippen LogP contribution in [0.5, 0.6) is 0 Å². The molecule has 0 fully saturated rings. The molecule has 0 aliphatic carbocycles. The molecule has 1 amide bonds. The van der Waals surface area contributed by atoms with Crippen LogP contribution in [-0.4, -0.2) is 26.7 Å². The lowest BCUT2D eigenvalue weighted by molar-refractivity contribution is -0.120. The smallest absolute Gasteiger partial charge is 0.220 e. The van der Waals surface area contributed by atoms with Crippen molar-refractivity contribution in [2.24, 2.45) is 18.7 Å². The average molecular weight is 211 g/mol. The van der Waals surface area contributed by atoms with E-state index in [0.29, 0.717) is 6.42 Å². The molecule has 0 aliphatic heterocycles. The molecule has 0 aliphatic rings. The van der Waals surface area contributed by atoms with Crippen LogP contribution in [0.2, 0.25) is 0 Å². The van der Waals surface area contributed by atoms with Crippen molar-refractivity contribution in [2.45, 2.75) is 25.9 Å². The van der Waals surface area contributed by atoms with Gasteiger partial charge in [0, 0.05) is 25.9 Å². The molecule has 84 valence electrons. The van der Waals surface area contributed by atoms with Gasteiger partial charge in [0.1, 0.15) is 5.82 Å². The first-order valence-electron chi connectivity index (χ1n) is 4.93. The molecule has 1 rings (SSSR count). The summed E-state index contributed by atoms with van der Waals surface area (Å²) in [5, 5.41) is 9.64. The Labute approximate surface area is 88.9 Å². The highest BCUT2D eigenvalue weighted by Crippen LogP contribution is 2.12. The van der Waals surface area contributed by atoms with Crippen molar-refractivity contribution in [1.29, 1.82) is 0 Å². The van der Waals surface area contributed by atoms with Crippen molar-refractivity contribution in [3.05, 3.63) is 18.2 Å². The van der Waals surface area contributed by atoms with Crippen molar-refractivity contribution in [3.63, 3.8) is 0 Å². The van der Waals surface area contributed by atoms with Crippen LogP contribution in [0.25, 0.3) is 0 Å². The van der Waals surface area contributed by atoms with Crippen LogP contribution in [-0.2, 0) is 18.3 Å². The van der Waals surface area contributed by atoms with E-state index in [1.165, 1.54) is 0 Å². The molecule has 0 aromatic carbocycles. The van der Waals surface area contributed by atoms with E-state index in [-0.39, 0.29) is 12.3 Å². The second-order valence-electron chi connectivity index (χ2n) is 3.87. The molecule has 15 heavy (non-hydrogen) atoms. The Bertz CT molecular complexity index is 335. The summed E-state index contributed by atoms with van der Waals surface area (Å²) in [6, 6.07) is 0. The van der Waals surface area contributed by atoms with Gasteiger partial charge in [-0.15, -0.1) is 0 Å². The second kappa shape index (κ2) is 4.93. The number of aliphatic hydroxyl groups excluding tert-OH is 1. The normalized spacial score (nSPS) is 14.9. The van der Waals surface area contributed by atoms with Crippen LogP contribution in [0, 0.1) is 5.92 Å². The first-order valence-corrected chi connectivity index (χ1v) is 4.93. The van der Waals surface area contributed by atoms with Gasteiger partial charge < -0.3 is 15.4 Å². The molecule has 5 heteroatoms. The molecule has 0 bridgehead atoms. The number of rotatable bonds is 5. The predicted octanol–water partition coefficient (Wildman–Crippen LogP) is -0.165. The summed E-state index contributed by atoms with van der Waals surface area (Å²) in [6.07, 6.45) is 3.51. The summed E-state index contributed by atoms with van der Waals surface area (Å²) in [5.74, 6) is 0.388. The number of imidazole rings is 1. The van der Waals surface area contributed by atoms with E-state index in [4.69, 9.17) is 5.73 Å². The van der Waals surface area contributed by atoms with E-state index in [1.807, 2.05) is 24.7 Å². The van der Waals surface area contributed by atoms with E-state index in [1.54, 1.807) is 6.20 Å². The van der Waals surface area contributed by atoms with Gasteiger partial charge in [0.25, 0.3) is 0 Å². The van der Waals surface area contributed by atoms with Gasteiger partial charge in [-0.2, -0.15) is 0 Å². The van der Waals surface area contributed by atoms with Crippen LogP contribution in [0.15, 0.2) is 12.4 Å². The fraction of sp³-hybridized carbons (Fsp3) is 0.600. The van der Waals surface area contributed by atoms with Gasteiger partial charge in [-0.3, -0.25) is 4.79 Å². The zero-order chi connectivity index (χ0) is 11.4. The van der Waals surface area contributed by atoms with Crippen molar-refractivity contribution >= 4 is 5.91 Å². The lowest BCUT2D eigenvalue weighted by atomic mass is 9.98. The fourth-order valence-corrected chi connectivity index (χ4v) is 1.42. The molecule has 0 spiro atoms. The van der Waals surface area contributed by atoms with Gasteiger partial charge >= 0.3 is 0 Å². The third-order valence-corrected chi connectivity index (χ3v) is 2.49. The summed E-state index contributed by atoms with van der Waals surface area (Å²) in [4.78, 5) is 14.8. The average Bonchev–Trinajstić information content (AvgIpc) is 2.50. The molecule has 2 atom stereocenters.